The van der Waals surface area contributed by atoms with Crippen LogP contribution in [0.15, 0.2) is 31.8 Å². The SMILES string of the molecule is O=C(O)c1ccc(C(=O)c2csc(Br)c2)o1. The number of ketones is 1. The first-order valence-electron chi connectivity index (χ1n) is 4.20. The summed E-state index contributed by atoms with van der Waals surface area (Å²) in [4.78, 5) is 22.4. The number of thiophene rings is 1. The van der Waals surface area contributed by atoms with Crippen LogP contribution in [0, 0.1) is 0 Å². The molecule has 1 N–H and O–H groups in total. The molecule has 6 heteroatoms. The van der Waals surface area contributed by atoms with E-state index in [0.717, 1.165) is 3.79 Å². The van der Waals surface area contributed by atoms with Gasteiger partial charge in [0.15, 0.2) is 5.76 Å². The van der Waals surface area contributed by atoms with E-state index in [0.29, 0.717) is 5.56 Å². The molecule has 16 heavy (non-hydrogen) atoms. The molecule has 0 aliphatic heterocycles. The van der Waals surface area contributed by atoms with Gasteiger partial charge in [-0.15, -0.1) is 11.3 Å². The zero-order chi connectivity index (χ0) is 11.7. The van der Waals surface area contributed by atoms with E-state index in [1.165, 1.54) is 23.5 Å². The van der Waals surface area contributed by atoms with Gasteiger partial charge in [0.2, 0.25) is 11.5 Å². The molecule has 2 aromatic rings. The fourth-order valence-electron chi connectivity index (χ4n) is 1.15. The molecule has 0 aromatic carbocycles. The Morgan fingerprint density at radius 2 is 2.00 bits per heavy atom. The Hall–Kier alpha value is -1.40. The number of hydrogen-bond acceptors (Lipinski definition) is 4. The van der Waals surface area contributed by atoms with Gasteiger partial charge >= 0.3 is 5.97 Å². The van der Waals surface area contributed by atoms with Crippen LogP contribution in [-0.4, -0.2) is 16.9 Å². The molecule has 0 radical (unpaired) electrons. The van der Waals surface area contributed by atoms with E-state index in [4.69, 9.17) is 9.52 Å². The summed E-state index contributed by atoms with van der Waals surface area (Å²) in [6, 6.07) is 4.28. The van der Waals surface area contributed by atoms with Crippen molar-refractivity contribution in [2.45, 2.75) is 0 Å². The van der Waals surface area contributed by atoms with Crippen LogP contribution in [0.1, 0.15) is 26.7 Å². The largest absolute Gasteiger partial charge is 0.475 e. The van der Waals surface area contributed by atoms with E-state index >= 15 is 0 Å². The molecule has 0 amide bonds. The Kier molecular flexibility index (Phi) is 2.93. The summed E-state index contributed by atoms with van der Waals surface area (Å²) in [6.45, 7) is 0. The Bertz CT molecular complexity index is 555. The third kappa shape index (κ3) is 2.07. The van der Waals surface area contributed by atoms with Gasteiger partial charge in [-0.2, -0.15) is 0 Å². The maximum atomic E-state index is 11.8. The fourth-order valence-corrected chi connectivity index (χ4v) is 2.28. The summed E-state index contributed by atoms with van der Waals surface area (Å²) in [5.74, 6) is -1.72. The topological polar surface area (TPSA) is 67.5 Å². The van der Waals surface area contributed by atoms with Crippen LogP contribution in [0.4, 0.5) is 0 Å². The predicted octanol–water partition coefficient (Wildman–Crippen LogP) is 3.03. The van der Waals surface area contributed by atoms with Crippen LogP contribution in [0.2, 0.25) is 0 Å². The molecule has 0 saturated carbocycles. The zero-order valence-corrected chi connectivity index (χ0v) is 10.2. The number of furan rings is 1. The molecule has 2 aromatic heterocycles. The van der Waals surface area contributed by atoms with Crippen molar-refractivity contribution in [3.63, 3.8) is 0 Å². The van der Waals surface area contributed by atoms with Gasteiger partial charge in [-0.3, -0.25) is 4.79 Å². The second-order valence-corrected chi connectivity index (χ2v) is 5.23. The molecule has 0 aliphatic rings. The smallest absolute Gasteiger partial charge is 0.371 e. The first-order chi connectivity index (χ1) is 7.58. The lowest BCUT2D eigenvalue weighted by Crippen LogP contribution is -1.98. The first kappa shape index (κ1) is 11.1. The van der Waals surface area contributed by atoms with Crippen molar-refractivity contribution in [1.29, 1.82) is 0 Å². The predicted molar refractivity (Wildman–Crippen MR) is 61.1 cm³/mol. The number of aromatic carboxylic acids is 1. The molecule has 0 spiro atoms. The van der Waals surface area contributed by atoms with Crippen molar-refractivity contribution in [2.75, 3.05) is 0 Å². The summed E-state index contributed by atoms with van der Waals surface area (Å²) >= 11 is 4.62. The van der Waals surface area contributed by atoms with Crippen LogP contribution in [-0.2, 0) is 0 Å². The Labute approximate surface area is 103 Å². The minimum absolute atomic E-state index is 0.0303. The quantitative estimate of drug-likeness (QED) is 0.885. The van der Waals surface area contributed by atoms with Crippen LogP contribution < -0.4 is 0 Å². The summed E-state index contributed by atoms with van der Waals surface area (Å²) in [5, 5.41) is 10.3. The van der Waals surface area contributed by atoms with Crippen molar-refractivity contribution < 1.29 is 19.1 Å². The summed E-state index contributed by atoms with van der Waals surface area (Å²) in [7, 11) is 0. The number of halogens is 1. The molecule has 82 valence electrons. The van der Waals surface area contributed by atoms with Gasteiger partial charge < -0.3 is 9.52 Å². The molecular weight excluding hydrogens is 296 g/mol. The fraction of sp³-hybridized carbons (Fsp3) is 0. The van der Waals surface area contributed by atoms with E-state index in [1.807, 2.05) is 0 Å². The van der Waals surface area contributed by atoms with Gasteiger partial charge in [0, 0.05) is 10.9 Å². The van der Waals surface area contributed by atoms with Crippen molar-refractivity contribution in [1.82, 2.24) is 0 Å². The molecule has 0 unspecified atom stereocenters. The average Bonchev–Trinajstić information content (AvgIpc) is 2.84. The zero-order valence-electron chi connectivity index (χ0n) is 7.77. The molecule has 0 atom stereocenters. The number of carboxylic acid groups (broad SMARTS) is 1. The van der Waals surface area contributed by atoms with Crippen LogP contribution in [0.25, 0.3) is 0 Å². The molecular formula is C10H5BrO4S. The highest BCUT2D eigenvalue weighted by atomic mass is 79.9. The lowest BCUT2D eigenvalue weighted by Gasteiger charge is -1.91. The van der Waals surface area contributed by atoms with Crippen LogP contribution in [0.3, 0.4) is 0 Å². The number of carbonyl (C=O) groups excluding carboxylic acids is 1. The second kappa shape index (κ2) is 4.23. The standard InChI is InChI=1S/C10H5BrO4S/c11-8-3-5(4-16-8)9(12)6-1-2-7(15-6)10(13)14/h1-4H,(H,13,14). The first-order valence-corrected chi connectivity index (χ1v) is 5.87. The van der Waals surface area contributed by atoms with E-state index in [1.54, 1.807) is 11.4 Å². The van der Waals surface area contributed by atoms with Gasteiger partial charge in [0.1, 0.15) is 0 Å². The number of hydrogen-bond donors (Lipinski definition) is 1. The van der Waals surface area contributed by atoms with E-state index in [9.17, 15) is 9.59 Å². The van der Waals surface area contributed by atoms with Crippen molar-refractivity contribution in [2.24, 2.45) is 0 Å². The summed E-state index contributed by atoms with van der Waals surface area (Å²) < 4.78 is 5.74. The Morgan fingerprint density at radius 3 is 2.50 bits per heavy atom. The van der Waals surface area contributed by atoms with E-state index in [2.05, 4.69) is 15.9 Å². The Morgan fingerprint density at radius 1 is 1.31 bits per heavy atom. The van der Waals surface area contributed by atoms with Crippen molar-refractivity contribution >= 4 is 39.0 Å². The van der Waals surface area contributed by atoms with Crippen LogP contribution in [0.5, 0.6) is 0 Å². The number of carbonyl (C=O) groups is 2. The number of carboxylic acids is 1. The van der Waals surface area contributed by atoms with E-state index < -0.39 is 5.97 Å². The minimum atomic E-state index is -1.19. The monoisotopic (exact) mass is 300 g/mol. The molecule has 0 aliphatic carbocycles. The average molecular weight is 301 g/mol. The van der Waals surface area contributed by atoms with Crippen LogP contribution >= 0.6 is 27.3 Å². The normalized spacial score (nSPS) is 10.3. The maximum Gasteiger partial charge on any atom is 0.371 e. The van der Waals surface area contributed by atoms with Gasteiger partial charge in [-0.25, -0.2) is 4.79 Å². The van der Waals surface area contributed by atoms with Crippen molar-refractivity contribution in [3.05, 3.63) is 44.4 Å². The lowest BCUT2D eigenvalue weighted by molar-refractivity contribution is 0.0660. The third-order valence-electron chi connectivity index (χ3n) is 1.87. The summed E-state index contributed by atoms with van der Waals surface area (Å²) in [6.07, 6.45) is 0. The Balaban J connectivity index is 2.30. The lowest BCUT2D eigenvalue weighted by atomic mass is 10.2. The molecule has 4 nitrogen and oxygen atoms in total. The number of rotatable bonds is 3. The van der Waals surface area contributed by atoms with E-state index in [-0.39, 0.29) is 17.3 Å². The van der Waals surface area contributed by atoms with Gasteiger partial charge in [-0.05, 0) is 34.1 Å². The highest BCUT2D eigenvalue weighted by molar-refractivity contribution is 9.11. The molecule has 0 saturated heterocycles. The van der Waals surface area contributed by atoms with Gasteiger partial charge in [-0.1, -0.05) is 0 Å². The molecule has 2 rings (SSSR count). The minimum Gasteiger partial charge on any atom is -0.475 e. The molecule has 0 fully saturated rings. The molecule has 0 bridgehead atoms. The highest BCUT2D eigenvalue weighted by Crippen LogP contribution is 2.23. The molecule has 2 heterocycles. The summed E-state index contributed by atoms with van der Waals surface area (Å²) in [5.41, 5.74) is 0.475. The maximum absolute atomic E-state index is 11.8. The van der Waals surface area contributed by atoms with Crippen molar-refractivity contribution in [3.8, 4) is 0 Å². The van der Waals surface area contributed by atoms with Gasteiger partial charge in [0.25, 0.3) is 0 Å². The highest BCUT2D eigenvalue weighted by Gasteiger charge is 2.17. The third-order valence-corrected chi connectivity index (χ3v) is 3.37. The van der Waals surface area contributed by atoms with Gasteiger partial charge in [0.05, 0.1) is 3.79 Å². The second-order valence-electron chi connectivity index (χ2n) is 2.94.